The van der Waals surface area contributed by atoms with Crippen molar-refractivity contribution in [2.75, 3.05) is 6.54 Å². The van der Waals surface area contributed by atoms with Gasteiger partial charge >= 0.3 is 0 Å². The van der Waals surface area contributed by atoms with Crippen molar-refractivity contribution in [2.45, 2.75) is 33.4 Å². The van der Waals surface area contributed by atoms with E-state index in [0.29, 0.717) is 0 Å². The predicted molar refractivity (Wildman–Crippen MR) is 88.9 cm³/mol. The fraction of sp³-hybridized carbons (Fsp3) is 0.375. The molecular formula is C16H22Cl2N2. The van der Waals surface area contributed by atoms with Crippen molar-refractivity contribution >= 4 is 24.0 Å². The van der Waals surface area contributed by atoms with Crippen molar-refractivity contribution < 1.29 is 0 Å². The molecule has 4 heteroatoms. The Hall–Kier alpha value is -0.960. The Morgan fingerprint density at radius 1 is 1.05 bits per heavy atom. The van der Waals surface area contributed by atoms with Gasteiger partial charge in [0, 0.05) is 29.5 Å². The van der Waals surface area contributed by atoms with Crippen LogP contribution in [-0.2, 0) is 13.1 Å². The molecule has 0 aliphatic carbocycles. The Kier molecular flexibility index (Phi) is 7.14. The summed E-state index contributed by atoms with van der Waals surface area (Å²) in [6, 6.07) is 12.3. The quantitative estimate of drug-likeness (QED) is 0.784. The second-order valence-electron chi connectivity index (χ2n) is 4.89. The van der Waals surface area contributed by atoms with E-state index < -0.39 is 0 Å². The molecule has 0 saturated carbocycles. The van der Waals surface area contributed by atoms with E-state index in [0.717, 1.165) is 36.6 Å². The van der Waals surface area contributed by atoms with Crippen molar-refractivity contribution in [3.05, 3.63) is 58.4 Å². The Bertz CT molecular complexity index is 516. The number of rotatable bonds is 6. The van der Waals surface area contributed by atoms with Gasteiger partial charge in [-0.25, -0.2) is 0 Å². The molecule has 1 aromatic carbocycles. The summed E-state index contributed by atoms with van der Waals surface area (Å²) in [5.41, 5.74) is 3.84. The molecule has 0 atom stereocenters. The minimum Gasteiger partial charge on any atom is -0.349 e. The molecule has 0 radical (unpaired) electrons. The number of benzene rings is 1. The Labute approximate surface area is 132 Å². The largest absolute Gasteiger partial charge is 0.349 e. The molecule has 2 aromatic rings. The molecule has 0 saturated heterocycles. The maximum absolute atomic E-state index is 6.12. The van der Waals surface area contributed by atoms with E-state index in [4.69, 9.17) is 11.6 Å². The maximum atomic E-state index is 6.12. The number of hydrogen-bond acceptors (Lipinski definition) is 1. The third kappa shape index (κ3) is 4.55. The third-order valence-electron chi connectivity index (χ3n) is 3.43. The van der Waals surface area contributed by atoms with E-state index >= 15 is 0 Å². The lowest BCUT2D eigenvalue weighted by atomic mass is 10.2. The Morgan fingerprint density at radius 2 is 1.70 bits per heavy atom. The summed E-state index contributed by atoms with van der Waals surface area (Å²) in [6.07, 6.45) is 1.13. The molecule has 0 amide bonds. The van der Waals surface area contributed by atoms with Gasteiger partial charge in [0.1, 0.15) is 0 Å². The molecule has 1 N–H and O–H groups in total. The highest BCUT2D eigenvalue weighted by Crippen LogP contribution is 2.14. The summed E-state index contributed by atoms with van der Waals surface area (Å²) in [4.78, 5) is 0. The highest BCUT2D eigenvalue weighted by atomic mass is 35.5. The van der Waals surface area contributed by atoms with E-state index in [9.17, 15) is 0 Å². The van der Waals surface area contributed by atoms with Crippen LogP contribution in [0.5, 0.6) is 0 Å². The van der Waals surface area contributed by atoms with Gasteiger partial charge in [-0.3, -0.25) is 0 Å². The van der Waals surface area contributed by atoms with Crippen molar-refractivity contribution in [3.8, 4) is 0 Å². The van der Waals surface area contributed by atoms with Gasteiger partial charge in [0.05, 0.1) is 0 Å². The highest BCUT2D eigenvalue weighted by molar-refractivity contribution is 6.31. The van der Waals surface area contributed by atoms with Crippen LogP contribution in [0.4, 0.5) is 0 Å². The van der Waals surface area contributed by atoms with E-state index in [-0.39, 0.29) is 12.4 Å². The summed E-state index contributed by atoms with van der Waals surface area (Å²) < 4.78 is 2.36. The first-order valence-electron chi connectivity index (χ1n) is 6.75. The molecule has 0 spiro atoms. The number of aryl methyl sites for hydroxylation is 2. The molecule has 2 rings (SSSR count). The van der Waals surface area contributed by atoms with Gasteiger partial charge in [-0.15, -0.1) is 12.4 Å². The van der Waals surface area contributed by atoms with E-state index in [1.165, 1.54) is 11.4 Å². The first kappa shape index (κ1) is 17.1. The number of aromatic nitrogens is 1. The summed E-state index contributed by atoms with van der Waals surface area (Å²) in [6.45, 7) is 7.22. The first-order chi connectivity index (χ1) is 9.18. The van der Waals surface area contributed by atoms with Gasteiger partial charge in [-0.1, -0.05) is 29.8 Å². The van der Waals surface area contributed by atoms with Crippen LogP contribution in [-0.4, -0.2) is 11.1 Å². The zero-order valence-electron chi connectivity index (χ0n) is 12.0. The van der Waals surface area contributed by atoms with E-state index in [2.05, 4.69) is 41.9 Å². The van der Waals surface area contributed by atoms with Gasteiger partial charge in [-0.05, 0) is 50.6 Å². The lowest BCUT2D eigenvalue weighted by molar-refractivity contribution is 0.568. The van der Waals surface area contributed by atoms with Crippen LogP contribution in [0.2, 0.25) is 5.02 Å². The average molecular weight is 313 g/mol. The van der Waals surface area contributed by atoms with Crippen LogP contribution in [0.1, 0.15) is 23.4 Å². The maximum Gasteiger partial charge on any atom is 0.0450 e. The van der Waals surface area contributed by atoms with E-state index in [1.807, 2.05) is 18.2 Å². The van der Waals surface area contributed by atoms with Crippen molar-refractivity contribution in [1.29, 1.82) is 0 Å². The van der Waals surface area contributed by atoms with Crippen LogP contribution in [0.15, 0.2) is 36.4 Å². The highest BCUT2D eigenvalue weighted by Gasteiger charge is 2.01. The standard InChI is InChI=1S/C16H21ClN2.ClH/c1-13-8-9-14(2)19(13)11-5-10-18-12-15-6-3-4-7-16(15)17;/h3-4,6-9,18H,5,10-12H2,1-2H3;1H. The molecule has 0 fully saturated rings. The number of hydrogen-bond donors (Lipinski definition) is 1. The third-order valence-corrected chi connectivity index (χ3v) is 3.79. The minimum absolute atomic E-state index is 0. The fourth-order valence-electron chi connectivity index (χ4n) is 2.28. The van der Waals surface area contributed by atoms with Gasteiger partial charge in [0.15, 0.2) is 0 Å². The number of nitrogens with zero attached hydrogens (tertiary/aromatic N) is 1. The smallest absolute Gasteiger partial charge is 0.0450 e. The minimum atomic E-state index is 0. The fourth-order valence-corrected chi connectivity index (χ4v) is 2.48. The zero-order valence-corrected chi connectivity index (χ0v) is 13.6. The van der Waals surface area contributed by atoms with Crippen molar-refractivity contribution in [2.24, 2.45) is 0 Å². The SMILES string of the molecule is Cc1ccc(C)n1CCCNCc1ccccc1Cl.Cl. The second kappa shape index (κ2) is 8.35. The molecule has 20 heavy (non-hydrogen) atoms. The normalized spacial score (nSPS) is 10.3. The van der Waals surface area contributed by atoms with Gasteiger partial charge in [0.2, 0.25) is 0 Å². The van der Waals surface area contributed by atoms with Crippen LogP contribution >= 0.6 is 24.0 Å². The van der Waals surface area contributed by atoms with Crippen LogP contribution in [0, 0.1) is 13.8 Å². The molecule has 0 bridgehead atoms. The number of halogens is 2. The Balaban J connectivity index is 0.00000200. The molecule has 0 aliphatic heterocycles. The van der Waals surface area contributed by atoms with Crippen molar-refractivity contribution in [3.63, 3.8) is 0 Å². The summed E-state index contributed by atoms with van der Waals surface area (Å²) >= 11 is 6.12. The lowest BCUT2D eigenvalue weighted by Gasteiger charge is -2.10. The lowest BCUT2D eigenvalue weighted by Crippen LogP contribution is -2.17. The zero-order chi connectivity index (χ0) is 13.7. The topological polar surface area (TPSA) is 17.0 Å². The monoisotopic (exact) mass is 312 g/mol. The van der Waals surface area contributed by atoms with Gasteiger partial charge in [0.25, 0.3) is 0 Å². The van der Waals surface area contributed by atoms with E-state index in [1.54, 1.807) is 0 Å². The summed E-state index contributed by atoms with van der Waals surface area (Å²) in [7, 11) is 0. The summed E-state index contributed by atoms with van der Waals surface area (Å²) in [5.74, 6) is 0. The van der Waals surface area contributed by atoms with Gasteiger partial charge in [-0.2, -0.15) is 0 Å². The molecular weight excluding hydrogens is 291 g/mol. The molecule has 0 aliphatic rings. The van der Waals surface area contributed by atoms with Gasteiger partial charge < -0.3 is 9.88 Å². The van der Waals surface area contributed by atoms with Crippen LogP contribution in [0.25, 0.3) is 0 Å². The molecule has 0 unspecified atom stereocenters. The first-order valence-corrected chi connectivity index (χ1v) is 7.13. The van der Waals surface area contributed by atoms with Crippen LogP contribution in [0.3, 0.4) is 0 Å². The average Bonchev–Trinajstić information content (AvgIpc) is 2.72. The second-order valence-corrected chi connectivity index (χ2v) is 5.30. The molecule has 110 valence electrons. The van der Waals surface area contributed by atoms with Crippen LogP contribution < -0.4 is 5.32 Å². The molecule has 1 heterocycles. The summed E-state index contributed by atoms with van der Waals surface area (Å²) in [5, 5.41) is 4.29. The van der Waals surface area contributed by atoms with Crippen molar-refractivity contribution in [1.82, 2.24) is 9.88 Å². The molecule has 1 aromatic heterocycles. The Morgan fingerprint density at radius 3 is 2.35 bits per heavy atom. The molecule has 2 nitrogen and oxygen atoms in total. The number of nitrogens with one attached hydrogen (secondary N) is 1. The predicted octanol–water partition coefficient (Wildman–Crippen LogP) is 4.36.